The molecule has 0 radical (unpaired) electrons. The molecule has 10 heteroatoms. The molecule has 224 valence electrons. The van der Waals surface area contributed by atoms with E-state index >= 15 is 0 Å². The van der Waals surface area contributed by atoms with Crippen LogP contribution in [-0.4, -0.2) is 68.6 Å². The molecule has 1 aliphatic heterocycles. The third-order valence-electron chi connectivity index (χ3n) is 8.43. The van der Waals surface area contributed by atoms with Crippen molar-refractivity contribution in [3.63, 3.8) is 0 Å². The SMILES string of the molecule is CCc1nc(C)c2c(=O)n(CCCN3CCN(C(c4ccc(F)cc4)c4ccc(F)cc4)CC3)c3ccc(OC)nc3n12. The van der Waals surface area contributed by atoms with Crippen LogP contribution in [0.15, 0.2) is 65.5 Å². The molecule has 0 spiro atoms. The van der Waals surface area contributed by atoms with E-state index in [2.05, 4.69) is 14.8 Å². The summed E-state index contributed by atoms with van der Waals surface area (Å²) in [6, 6.07) is 16.8. The highest BCUT2D eigenvalue weighted by Crippen LogP contribution is 2.30. The summed E-state index contributed by atoms with van der Waals surface area (Å²) < 4.78 is 36.5. The minimum atomic E-state index is -0.276. The Balaban J connectivity index is 1.18. The molecular formula is C33H36F2N6O2. The molecule has 3 aromatic heterocycles. The first kappa shape index (κ1) is 28.9. The van der Waals surface area contributed by atoms with E-state index in [-0.39, 0.29) is 23.2 Å². The number of piperazine rings is 1. The Bertz CT molecular complexity index is 1750. The molecule has 8 nitrogen and oxygen atoms in total. The van der Waals surface area contributed by atoms with Gasteiger partial charge in [0.25, 0.3) is 5.56 Å². The summed E-state index contributed by atoms with van der Waals surface area (Å²) in [6.45, 7) is 8.62. The van der Waals surface area contributed by atoms with E-state index in [1.54, 1.807) is 13.2 Å². The maximum atomic E-state index is 13.7. The normalized spacial score (nSPS) is 14.7. The minimum Gasteiger partial charge on any atom is -0.481 e. The van der Waals surface area contributed by atoms with Crippen molar-refractivity contribution < 1.29 is 13.5 Å². The van der Waals surface area contributed by atoms with Crippen LogP contribution < -0.4 is 10.3 Å². The lowest BCUT2D eigenvalue weighted by Crippen LogP contribution is -2.48. The van der Waals surface area contributed by atoms with Gasteiger partial charge in [0, 0.05) is 45.2 Å². The van der Waals surface area contributed by atoms with Gasteiger partial charge in [-0.1, -0.05) is 31.2 Å². The van der Waals surface area contributed by atoms with Crippen molar-refractivity contribution in [1.82, 2.24) is 28.7 Å². The maximum absolute atomic E-state index is 13.7. The lowest BCUT2D eigenvalue weighted by Gasteiger charge is -2.40. The van der Waals surface area contributed by atoms with Crippen molar-refractivity contribution in [1.29, 1.82) is 0 Å². The monoisotopic (exact) mass is 586 g/mol. The molecule has 0 bridgehead atoms. The van der Waals surface area contributed by atoms with Crippen molar-refractivity contribution in [3.05, 3.63) is 105 Å². The molecule has 0 atom stereocenters. The Morgan fingerprint density at radius 1 is 0.860 bits per heavy atom. The molecule has 0 aliphatic carbocycles. The zero-order valence-corrected chi connectivity index (χ0v) is 24.8. The number of methoxy groups -OCH3 is 1. The molecule has 0 unspecified atom stereocenters. The predicted molar refractivity (Wildman–Crippen MR) is 163 cm³/mol. The molecule has 1 aliphatic rings. The summed E-state index contributed by atoms with van der Waals surface area (Å²) in [4.78, 5) is 27.9. The van der Waals surface area contributed by atoms with Gasteiger partial charge in [0.15, 0.2) is 5.65 Å². The van der Waals surface area contributed by atoms with Crippen LogP contribution in [0.4, 0.5) is 8.78 Å². The summed E-state index contributed by atoms with van der Waals surface area (Å²) in [5, 5.41) is 0. The van der Waals surface area contributed by atoms with Crippen molar-refractivity contribution in [2.75, 3.05) is 39.8 Å². The second kappa shape index (κ2) is 12.2. The maximum Gasteiger partial charge on any atom is 0.277 e. The van der Waals surface area contributed by atoms with Crippen LogP contribution in [0.1, 0.15) is 42.0 Å². The van der Waals surface area contributed by atoms with E-state index in [0.717, 1.165) is 61.6 Å². The minimum absolute atomic E-state index is 0.0598. The third-order valence-corrected chi connectivity index (χ3v) is 8.43. The van der Waals surface area contributed by atoms with Crippen LogP contribution in [0.5, 0.6) is 5.88 Å². The number of hydrogen-bond donors (Lipinski definition) is 0. The van der Waals surface area contributed by atoms with Gasteiger partial charge in [0.05, 0.1) is 24.4 Å². The van der Waals surface area contributed by atoms with Gasteiger partial charge in [0.1, 0.15) is 23.0 Å². The van der Waals surface area contributed by atoms with Crippen molar-refractivity contribution in [2.45, 2.75) is 39.3 Å². The largest absolute Gasteiger partial charge is 0.481 e. The molecule has 0 N–H and O–H groups in total. The van der Waals surface area contributed by atoms with Crippen LogP contribution in [-0.2, 0) is 13.0 Å². The number of benzene rings is 2. The van der Waals surface area contributed by atoms with E-state index in [1.165, 1.54) is 24.3 Å². The number of hydrogen-bond acceptors (Lipinski definition) is 6. The molecule has 0 saturated carbocycles. The first-order valence-electron chi connectivity index (χ1n) is 14.8. The highest BCUT2D eigenvalue weighted by Gasteiger charge is 2.27. The van der Waals surface area contributed by atoms with E-state index in [1.807, 2.05) is 53.1 Å². The number of aryl methyl sites for hydroxylation is 3. The van der Waals surface area contributed by atoms with Gasteiger partial charge in [-0.25, -0.2) is 13.8 Å². The molecule has 2 aromatic carbocycles. The highest BCUT2D eigenvalue weighted by atomic mass is 19.1. The zero-order chi connectivity index (χ0) is 30.1. The topological polar surface area (TPSA) is 67.9 Å². The van der Waals surface area contributed by atoms with Crippen molar-refractivity contribution in [2.24, 2.45) is 0 Å². The molecule has 1 saturated heterocycles. The van der Waals surface area contributed by atoms with Crippen LogP contribution in [0.3, 0.4) is 0 Å². The van der Waals surface area contributed by atoms with Gasteiger partial charge >= 0.3 is 0 Å². The average Bonchev–Trinajstić information content (AvgIpc) is 3.37. The predicted octanol–water partition coefficient (Wildman–Crippen LogP) is 5.00. The van der Waals surface area contributed by atoms with E-state index in [0.29, 0.717) is 35.7 Å². The Morgan fingerprint density at radius 3 is 2.07 bits per heavy atom. The summed E-state index contributed by atoms with van der Waals surface area (Å²) in [6.07, 6.45) is 1.48. The van der Waals surface area contributed by atoms with Gasteiger partial charge in [-0.3, -0.25) is 14.1 Å². The fraction of sp³-hybridized carbons (Fsp3) is 0.364. The Hall–Kier alpha value is -4.15. The fourth-order valence-electron chi connectivity index (χ4n) is 6.28. The molecule has 6 rings (SSSR count). The number of fused-ring (bicyclic) bond motifs is 3. The van der Waals surface area contributed by atoms with Crippen LogP contribution in [0.25, 0.3) is 16.7 Å². The Labute approximate surface area is 249 Å². The Kier molecular flexibility index (Phi) is 8.23. The molecule has 5 aromatic rings. The highest BCUT2D eigenvalue weighted by molar-refractivity contribution is 5.77. The number of halogens is 2. The lowest BCUT2D eigenvalue weighted by atomic mass is 9.96. The van der Waals surface area contributed by atoms with Crippen LogP contribution >= 0.6 is 0 Å². The van der Waals surface area contributed by atoms with Crippen molar-refractivity contribution in [3.8, 4) is 5.88 Å². The van der Waals surface area contributed by atoms with Crippen LogP contribution in [0.2, 0.25) is 0 Å². The standard InChI is InChI=1S/C33H36F2N6O2/c1-4-28-36-22(2)30-33(42)40(27-14-15-29(43-3)37-32(27)41(28)30)17-5-16-38-18-20-39(21-19-38)31(23-6-10-25(34)11-7-23)24-8-12-26(35)13-9-24/h6-15,31H,4-5,16-21H2,1-3H3. The van der Waals surface area contributed by atoms with Gasteiger partial charge in [-0.05, 0) is 61.3 Å². The quantitative estimate of drug-likeness (QED) is 0.242. The average molecular weight is 587 g/mol. The fourth-order valence-corrected chi connectivity index (χ4v) is 6.28. The molecular weight excluding hydrogens is 550 g/mol. The number of aromatic nitrogens is 4. The van der Waals surface area contributed by atoms with Crippen molar-refractivity contribution >= 4 is 16.7 Å². The number of nitrogens with zero attached hydrogens (tertiary/aromatic N) is 6. The third kappa shape index (κ3) is 5.64. The number of ether oxygens (including phenoxy) is 1. The van der Waals surface area contributed by atoms with E-state index < -0.39 is 0 Å². The number of imidazole rings is 1. The summed E-state index contributed by atoms with van der Waals surface area (Å²) in [5.74, 6) is 0.743. The second-order valence-electron chi connectivity index (χ2n) is 11.0. The van der Waals surface area contributed by atoms with Gasteiger partial charge in [0.2, 0.25) is 5.88 Å². The summed E-state index contributed by atoms with van der Waals surface area (Å²) in [7, 11) is 1.59. The van der Waals surface area contributed by atoms with Gasteiger partial charge < -0.3 is 14.2 Å². The van der Waals surface area contributed by atoms with Gasteiger partial charge in [-0.15, -0.1) is 0 Å². The molecule has 43 heavy (non-hydrogen) atoms. The molecule has 4 heterocycles. The van der Waals surface area contributed by atoms with E-state index in [9.17, 15) is 13.6 Å². The summed E-state index contributed by atoms with van der Waals surface area (Å²) in [5.41, 5.74) is 4.60. The first-order valence-corrected chi connectivity index (χ1v) is 14.8. The lowest BCUT2D eigenvalue weighted by molar-refractivity contribution is 0.108. The number of pyridine rings is 1. The zero-order valence-electron chi connectivity index (χ0n) is 24.8. The summed E-state index contributed by atoms with van der Waals surface area (Å²) >= 11 is 0. The first-order chi connectivity index (χ1) is 20.9. The smallest absolute Gasteiger partial charge is 0.277 e. The van der Waals surface area contributed by atoms with E-state index in [4.69, 9.17) is 9.72 Å². The molecule has 0 amide bonds. The molecule has 1 fully saturated rings. The van der Waals surface area contributed by atoms with Gasteiger partial charge in [-0.2, -0.15) is 4.98 Å². The van der Waals surface area contributed by atoms with Crippen LogP contribution in [0, 0.1) is 18.6 Å². The number of rotatable bonds is 9. The Morgan fingerprint density at radius 2 is 1.49 bits per heavy atom. The second-order valence-corrected chi connectivity index (χ2v) is 11.0.